The number of hydrogen-bond acceptors (Lipinski definition) is 4. The van der Waals surface area contributed by atoms with E-state index in [9.17, 15) is 9.18 Å². The molecule has 0 saturated heterocycles. The number of methoxy groups -OCH3 is 1. The first-order chi connectivity index (χ1) is 10.2. The average Bonchev–Trinajstić information content (AvgIpc) is 2.43. The fraction of sp³-hybridized carbons (Fsp3) is 0.333. The van der Waals surface area contributed by atoms with Crippen molar-refractivity contribution in [1.29, 1.82) is 0 Å². The number of rotatable bonds is 7. The number of nitrogens with one attached hydrogen (secondary N) is 2. The van der Waals surface area contributed by atoms with E-state index in [4.69, 9.17) is 4.74 Å². The molecular formula is C15H18FN3O2. The van der Waals surface area contributed by atoms with Crippen molar-refractivity contribution in [1.82, 2.24) is 15.3 Å². The molecule has 0 amide bonds. The third-order valence-electron chi connectivity index (χ3n) is 2.89. The predicted octanol–water partition coefficient (Wildman–Crippen LogP) is 1.24. The molecule has 0 fully saturated rings. The highest BCUT2D eigenvalue weighted by Crippen LogP contribution is 2.07. The summed E-state index contributed by atoms with van der Waals surface area (Å²) in [5, 5.41) is 3.13. The van der Waals surface area contributed by atoms with E-state index >= 15 is 0 Å². The van der Waals surface area contributed by atoms with Gasteiger partial charge in [0.1, 0.15) is 11.6 Å². The quantitative estimate of drug-likeness (QED) is 0.753. The molecule has 5 nitrogen and oxygen atoms in total. The zero-order valence-electron chi connectivity index (χ0n) is 11.9. The van der Waals surface area contributed by atoms with Crippen LogP contribution in [0.3, 0.4) is 0 Å². The Hall–Kier alpha value is -2.05. The highest BCUT2D eigenvalue weighted by molar-refractivity contribution is 5.20. The van der Waals surface area contributed by atoms with Gasteiger partial charge in [0.15, 0.2) is 0 Å². The second-order valence-electron chi connectivity index (χ2n) is 4.66. The Morgan fingerprint density at radius 3 is 3.00 bits per heavy atom. The molecule has 0 atom stereocenters. The van der Waals surface area contributed by atoms with Crippen LogP contribution in [-0.2, 0) is 17.7 Å². The van der Waals surface area contributed by atoms with Gasteiger partial charge >= 0.3 is 0 Å². The molecule has 1 aromatic heterocycles. The lowest BCUT2D eigenvalue weighted by Crippen LogP contribution is -2.22. The van der Waals surface area contributed by atoms with Gasteiger partial charge in [-0.15, -0.1) is 0 Å². The molecule has 2 N–H and O–H groups in total. The number of hydrogen-bond donors (Lipinski definition) is 2. The fourth-order valence-corrected chi connectivity index (χ4v) is 1.97. The molecule has 0 aliphatic carbocycles. The molecule has 21 heavy (non-hydrogen) atoms. The van der Waals surface area contributed by atoms with Gasteiger partial charge in [0.05, 0.1) is 12.3 Å². The van der Waals surface area contributed by atoms with Crippen LogP contribution in [0, 0.1) is 5.82 Å². The summed E-state index contributed by atoms with van der Waals surface area (Å²) in [4.78, 5) is 18.7. The maximum atomic E-state index is 13.2. The largest absolute Gasteiger partial charge is 0.383 e. The maximum absolute atomic E-state index is 13.2. The topological polar surface area (TPSA) is 67.0 Å². The second kappa shape index (κ2) is 7.66. The molecule has 0 spiro atoms. The van der Waals surface area contributed by atoms with Gasteiger partial charge in [-0.3, -0.25) is 4.79 Å². The van der Waals surface area contributed by atoms with Gasteiger partial charge in [0.25, 0.3) is 5.56 Å². The molecule has 0 aliphatic rings. The first kappa shape index (κ1) is 15.3. The van der Waals surface area contributed by atoms with Crippen molar-refractivity contribution < 1.29 is 9.13 Å². The van der Waals surface area contributed by atoms with Crippen LogP contribution in [0.5, 0.6) is 0 Å². The summed E-state index contributed by atoms with van der Waals surface area (Å²) in [6.45, 7) is 1.77. The SMILES string of the molecule is COCCNCc1cc(=O)[nH]c(Cc2cccc(F)c2)n1. The molecular weight excluding hydrogens is 273 g/mol. The summed E-state index contributed by atoms with van der Waals surface area (Å²) >= 11 is 0. The van der Waals surface area contributed by atoms with Crippen molar-refractivity contribution in [2.45, 2.75) is 13.0 Å². The Morgan fingerprint density at radius 1 is 1.38 bits per heavy atom. The number of benzene rings is 1. The first-order valence-electron chi connectivity index (χ1n) is 6.70. The van der Waals surface area contributed by atoms with Crippen LogP contribution in [0.1, 0.15) is 17.1 Å². The smallest absolute Gasteiger partial charge is 0.251 e. The van der Waals surface area contributed by atoms with E-state index in [0.29, 0.717) is 37.6 Å². The van der Waals surface area contributed by atoms with Gasteiger partial charge < -0.3 is 15.0 Å². The van der Waals surface area contributed by atoms with E-state index in [2.05, 4.69) is 15.3 Å². The van der Waals surface area contributed by atoms with Gasteiger partial charge in [-0.1, -0.05) is 12.1 Å². The van der Waals surface area contributed by atoms with E-state index in [1.54, 1.807) is 19.2 Å². The summed E-state index contributed by atoms with van der Waals surface area (Å²) in [7, 11) is 1.63. The van der Waals surface area contributed by atoms with Crippen LogP contribution in [-0.4, -0.2) is 30.2 Å². The zero-order chi connectivity index (χ0) is 15.1. The summed E-state index contributed by atoms with van der Waals surface area (Å²) in [5.74, 6) is 0.226. The molecule has 0 radical (unpaired) electrons. The van der Waals surface area contributed by atoms with Crippen LogP contribution >= 0.6 is 0 Å². The van der Waals surface area contributed by atoms with Crippen LogP contribution in [0.4, 0.5) is 4.39 Å². The molecule has 6 heteroatoms. The van der Waals surface area contributed by atoms with E-state index < -0.39 is 0 Å². The minimum absolute atomic E-state index is 0.208. The second-order valence-corrected chi connectivity index (χ2v) is 4.66. The Balaban J connectivity index is 2.06. The number of aromatic nitrogens is 2. The molecule has 0 saturated carbocycles. The van der Waals surface area contributed by atoms with Crippen molar-refractivity contribution in [3.05, 3.63) is 63.6 Å². The lowest BCUT2D eigenvalue weighted by molar-refractivity contribution is 0.199. The van der Waals surface area contributed by atoms with E-state index in [1.165, 1.54) is 18.2 Å². The van der Waals surface area contributed by atoms with Gasteiger partial charge in [-0.25, -0.2) is 9.37 Å². The lowest BCUT2D eigenvalue weighted by atomic mass is 10.1. The maximum Gasteiger partial charge on any atom is 0.251 e. The Morgan fingerprint density at radius 2 is 2.24 bits per heavy atom. The van der Waals surface area contributed by atoms with Crippen molar-refractivity contribution in [2.24, 2.45) is 0 Å². The van der Waals surface area contributed by atoms with Crippen molar-refractivity contribution in [2.75, 3.05) is 20.3 Å². The number of halogens is 1. The number of H-pyrrole nitrogens is 1. The van der Waals surface area contributed by atoms with Crippen molar-refractivity contribution in [3.63, 3.8) is 0 Å². The number of nitrogens with zero attached hydrogens (tertiary/aromatic N) is 1. The third-order valence-corrected chi connectivity index (χ3v) is 2.89. The van der Waals surface area contributed by atoms with Crippen LogP contribution < -0.4 is 10.9 Å². The highest BCUT2D eigenvalue weighted by Gasteiger charge is 2.04. The molecule has 2 aromatic rings. The molecule has 0 aliphatic heterocycles. The molecule has 0 bridgehead atoms. The third kappa shape index (κ3) is 5.09. The normalized spacial score (nSPS) is 10.8. The van der Waals surface area contributed by atoms with Gasteiger partial charge in [0.2, 0.25) is 0 Å². The average molecular weight is 291 g/mol. The van der Waals surface area contributed by atoms with E-state index in [0.717, 1.165) is 5.56 Å². The Kier molecular flexibility index (Phi) is 5.59. The summed E-state index contributed by atoms with van der Waals surface area (Å²) < 4.78 is 18.1. The molecule has 2 rings (SSSR count). The van der Waals surface area contributed by atoms with Crippen molar-refractivity contribution >= 4 is 0 Å². The summed E-state index contributed by atoms with van der Waals surface area (Å²) in [6.07, 6.45) is 0.388. The van der Waals surface area contributed by atoms with E-state index in [-0.39, 0.29) is 11.4 Å². The summed E-state index contributed by atoms with van der Waals surface area (Å²) in [6, 6.07) is 7.71. The number of aromatic amines is 1. The minimum atomic E-state index is -0.299. The Bertz CT molecular complexity index is 643. The van der Waals surface area contributed by atoms with Crippen LogP contribution in [0.15, 0.2) is 35.1 Å². The zero-order valence-corrected chi connectivity index (χ0v) is 11.9. The number of ether oxygens (including phenoxy) is 1. The molecule has 0 unspecified atom stereocenters. The monoisotopic (exact) mass is 291 g/mol. The molecule has 1 aromatic carbocycles. The molecule has 1 heterocycles. The molecule has 112 valence electrons. The van der Waals surface area contributed by atoms with Crippen LogP contribution in [0.2, 0.25) is 0 Å². The van der Waals surface area contributed by atoms with Gasteiger partial charge in [-0.05, 0) is 17.7 Å². The Labute approximate surface area is 122 Å². The van der Waals surface area contributed by atoms with Gasteiger partial charge in [-0.2, -0.15) is 0 Å². The predicted molar refractivity (Wildman–Crippen MR) is 77.6 cm³/mol. The van der Waals surface area contributed by atoms with Gasteiger partial charge in [0, 0.05) is 32.7 Å². The first-order valence-corrected chi connectivity index (χ1v) is 6.70. The summed E-state index contributed by atoms with van der Waals surface area (Å²) in [5.41, 5.74) is 1.21. The lowest BCUT2D eigenvalue weighted by Gasteiger charge is -2.06. The fourth-order valence-electron chi connectivity index (χ4n) is 1.97. The van der Waals surface area contributed by atoms with E-state index in [1.807, 2.05) is 0 Å². The standard InChI is InChI=1S/C15H18FN3O2/c1-21-6-5-17-10-13-9-15(20)19-14(18-13)8-11-3-2-4-12(16)7-11/h2-4,7,9,17H,5-6,8,10H2,1H3,(H,18,19,20). The highest BCUT2D eigenvalue weighted by atomic mass is 19.1. The van der Waals surface area contributed by atoms with Crippen molar-refractivity contribution in [3.8, 4) is 0 Å². The van der Waals surface area contributed by atoms with Crippen LogP contribution in [0.25, 0.3) is 0 Å². The minimum Gasteiger partial charge on any atom is -0.383 e.